The molecule has 0 aromatic heterocycles. The Bertz CT molecular complexity index is 1380. The second-order valence-corrected chi connectivity index (χ2v) is 10.7. The lowest BCUT2D eigenvalue weighted by atomic mass is 9.93. The van der Waals surface area contributed by atoms with Crippen molar-refractivity contribution in [3.05, 3.63) is 100 Å². The van der Waals surface area contributed by atoms with Gasteiger partial charge in [-0.25, -0.2) is 0 Å². The van der Waals surface area contributed by atoms with Gasteiger partial charge in [0.1, 0.15) is 35.2 Å². The maximum absolute atomic E-state index is 13.5. The first-order chi connectivity index (χ1) is 18.7. The zero-order valence-electron chi connectivity index (χ0n) is 23.8. The van der Waals surface area contributed by atoms with Gasteiger partial charge in [0.2, 0.25) is 0 Å². The van der Waals surface area contributed by atoms with Crippen molar-refractivity contribution in [3.63, 3.8) is 0 Å². The summed E-state index contributed by atoms with van der Waals surface area (Å²) >= 11 is 0. The molecule has 0 N–H and O–H groups in total. The van der Waals surface area contributed by atoms with Crippen molar-refractivity contribution in [2.45, 2.75) is 59.2 Å². The Labute approximate surface area is 232 Å². The zero-order chi connectivity index (χ0) is 28.0. The van der Waals surface area contributed by atoms with Gasteiger partial charge in [0.25, 0.3) is 0 Å². The normalized spacial score (nSPS) is 13.8. The molecule has 0 saturated carbocycles. The van der Waals surface area contributed by atoms with Crippen LogP contribution in [0.25, 0.3) is 6.08 Å². The fourth-order valence-corrected chi connectivity index (χ4v) is 4.58. The third kappa shape index (κ3) is 7.11. The third-order valence-electron chi connectivity index (χ3n) is 6.83. The largest absolute Gasteiger partial charge is 0.496 e. The van der Waals surface area contributed by atoms with Crippen LogP contribution in [0.1, 0.15) is 66.7 Å². The van der Waals surface area contributed by atoms with Crippen molar-refractivity contribution in [2.24, 2.45) is 0 Å². The van der Waals surface area contributed by atoms with Crippen molar-refractivity contribution in [2.75, 3.05) is 14.2 Å². The number of ether oxygens (including phenoxy) is 4. The summed E-state index contributed by atoms with van der Waals surface area (Å²) in [5.74, 6) is 2.52. The molecule has 5 heteroatoms. The molecule has 0 unspecified atom stereocenters. The monoisotopic (exact) mass is 526 g/mol. The van der Waals surface area contributed by atoms with Crippen LogP contribution in [-0.2, 0) is 19.4 Å². The Kier molecular flexibility index (Phi) is 8.80. The standard InChI is InChI=1S/C34H38O5/c1-23(2)12-13-26-19-28(33(37-6)20-30(26)36-5)29(35)15-14-25-18-27-16-17-34(3,4)39-32(27)21-31(25)38-22-24-10-8-7-9-11-24/h7-12,14-15,18-21H,13,16-17,22H2,1-6H3/b15-14+. The van der Waals surface area contributed by atoms with E-state index >= 15 is 0 Å². The number of methoxy groups -OCH3 is 2. The molecule has 0 atom stereocenters. The summed E-state index contributed by atoms with van der Waals surface area (Å²) in [7, 11) is 3.19. The van der Waals surface area contributed by atoms with Crippen LogP contribution in [0.2, 0.25) is 0 Å². The molecule has 0 radical (unpaired) electrons. The average molecular weight is 527 g/mol. The molecule has 0 bridgehead atoms. The van der Waals surface area contributed by atoms with Gasteiger partial charge in [-0.3, -0.25) is 4.79 Å². The number of rotatable bonds is 10. The maximum atomic E-state index is 13.5. The van der Waals surface area contributed by atoms with Crippen LogP contribution in [0.5, 0.6) is 23.0 Å². The molecule has 0 amide bonds. The SMILES string of the molecule is COc1cc(OC)c(C(=O)/C=C/c2cc3c(cc2OCc2ccccc2)OC(C)(C)CC3)cc1CC=C(C)C. The quantitative estimate of drug-likeness (QED) is 0.153. The number of hydrogen-bond donors (Lipinski definition) is 0. The average Bonchev–Trinajstić information content (AvgIpc) is 2.93. The number of aryl methyl sites for hydroxylation is 1. The minimum atomic E-state index is -0.231. The molecule has 3 aromatic rings. The van der Waals surface area contributed by atoms with Crippen LogP contribution in [-0.4, -0.2) is 25.6 Å². The van der Waals surface area contributed by atoms with Gasteiger partial charge < -0.3 is 18.9 Å². The summed E-state index contributed by atoms with van der Waals surface area (Å²) in [5.41, 5.74) is 5.39. The number of fused-ring (bicyclic) bond motifs is 1. The molecule has 0 spiro atoms. The lowest BCUT2D eigenvalue weighted by Crippen LogP contribution is -2.32. The second-order valence-electron chi connectivity index (χ2n) is 10.7. The first kappa shape index (κ1) is 28.0. The number of benzene rings is 3. The Balaban J connectivity index is 1.67. The molecule has 3 aromatic carbocycles. The summed E-state index contributed by atoms with van der Waals surface area (Å²) in [6.45, 7) is 8.71. The van der Waals surface area contributed by atoms with E-state index in [2.05, 4.69) is 26.0 Å². The number of ketones is 1. The van der Waals surface area contributed by atoms with Gasteiger partial charge in [0.15, 0.2) is 5.78 Å². The van der Waals surface area contributed by atoms with Gasteiger partial charge in [-0.2, -0.15) is 0 Å². The van der Waals surface area contributed by atoms with E-state index in [9.17, 15) is 4.79 Å². The molecule has 1 aliphatic heterocycles. The Morgan fingerprint density at radius 1 is 0.974 bits per heavy atom. The number of carbonyl (C=O) groups is 1. The molecule has 0 saturated heterocycles. The van der Waals surface area contributed by atoms with Crippen LogP contribution < -0.4 is 18.9 Å². The van der Waals surface area contributed by atoms with Crippen molar-refractivity contribution < 1.29 is 23.7 Å². The fraction of sp³-hybridized carbons (Fsp3) is 0.324. The zero-order valence-corrected chi connectivity index (χ0v) is 23.8. The van der Waals surface area contributed by atoms with Gasteiger partial charge in [0, 0.05) is 17.7 Å². The molecular weight excluding hydrogens is 488 g/mol. The van der Waals surface area contributed by atoms with Crippen LogP contribution in [0, 0.1) is 0 Å². The van der Waals surface area contributed by atoms with Crippen molar-refractivity contribution in [3.8, 4) is 23.0 Å². The highest BCUT2D eigenvalue weighted by Crippen LogP contribution is 2.38. The predicted molar refractivity (Wildman–Crippen MR) is 156 cm³/mol. The topological polar surface area (TPSA) is 54.0 Å². The first-order valence-electron chi connectivity index (χ1n) is 13.3. The summed E-state index contributed by atoms with van der Waals surface area (Å²) in [4.78, 5) is 13.5. The molecule has 1 heterocycles. The molecule has 5 nitrogen and oxygen atoms in total. The predicted octanol–water partition coefficient (Wildman–Crippen LogP) is 7.79. The highest BCUT2D eigenvalue weighted by molar-refractivity contribution is 6.09. The first-order valence-corrected chi connectivity index (χ1v) is 13.3. The van der Waals surface area contributed by atoms with E-state index in [1.54, 1.807) is 26.4 Å². The number of allylic oxidation sites excluding steroid dienone is 3. The maximum Gasteiger partial charge on any atom is 0.189 e. The molecular formula is C34H38O5. The van der Waals surface area contributed by atoms with Crippen LogP contribution >= 0.6 is 0 Å². The molecule has 0 aliphatic carbocycles. The highest BCUT2D eigenvalue weighted by Gasteiger charge is 2.27. The van der Waals surface area contributed by atoms with Gasteiger partial charge in [-0.05, 0) is 87.9 Å². The van der Waals surface area contributed by atoms with Gasteiger partial charge >= 0.3 is 0 Å². The molecule has 1 aliphatic rings. The van der Waals surface area contributed by atoms with Crippen LogP contribution in [0.15, 0.2) is 72.3 Å². The lowest BCUT2D eigenvalue weighted by Gasteiger charge is -2.33. The van der Waals surface area contributed by atoms with Crippen molar-refractivity contribution in [1.29, 1.82) is 0 Å². The van der Waals surface area contributed by atoms with Gasteiger partial charge in [-0.15, -0.1) is 0 Å². The van der Waals surface area contributed by atoms with Gasteiger partial charge in [-0.1, -0.05) is 42.0 Å². The Morgan fingerprint density at radius 2 is 1.72 bits per heavy atom. The summed E-state index contributed by atoms with van der Waals surface area (Å²) < 4.78 is 23.6. The summed E-state index contributed by atoms with van der Waals surface area (Å²) in [6.07, 6.45) is 8.00. The minimum Gasteiger partial charge on any atom is -0.496 e. The highest BCUT2D eigenvalue weighted by atomic mass is 16.5. The van der Waals surface area contributed by atoms with Crippen LogP contribution in [0.4, 0.5) is 0 Å². The Morgan fingerprint density at radius 3 is 2.41 bits per heavy atom. The fourth-order valence-electron chi connectivity index (χ4n) is 4.58. The Hall–Kier alpha value is -3.99. The van der Waals surface area contributed by atoms with E-state index in [1.165, 1.54) is 5.57 Å². The smallest absolute Gasteiger partial charge is 0.189 e. The number of hydrogen-bond acceptors (Lipinski definition) is 5. The summed E-state index contributed by atoms with van der Waals surface area (Å²) in [5, 5.41) is 0. The van der Waals surface area contributed by atoms with E-state index in [-0.39, 0.29) is 11.4 Å². The molecule has 0 fully saturated rings. The van der Waals surface area contributed by atoms with Crippen molar-refractivity contribution in [1.82, 2.24) is 0 Å². The van der Waals surface area contributed by atoms with E-state index < -0.39 is 0 Å². The van der Waals surface area contributed by atoms with E-state index in [0.29, 0.717) is 35.8 Å². The lowest BCUT2D eigenvalue weighted by molar-refractivity contribution is 0.0841. The van der Waals surface area contributed by atoms with Gasteiger partial charge in [0.05, 0.1) is 19.8 Å². The third-order valence-corrected chi connectivity index (χ3v) is 6.83. The van der Waals surface area contributed by atoms with E-state index in [0.717, 1.165) is 40.8 Å². The molecule has 39 heavy (non-hydrogen) atoms. The molecule has 204 valence electrons. The summed E-state index contributed by atoms with van der Waals surface area (Å²) in [6, 6.07) is 17.7. The van der Waals surface area contributed by atoms with E-state index in [4.69, 9.17) is 18.9 Å². The second kappa shape index (κ2) is 12.2. The van der Waals surface area contributed by atoms with E-state index in [1.807, 2.05) is 62.4 Å². The van der Waals surface area contributed by atoms with Crippen LogP contribution in [0.3, 0.4) is 0 Å². The number of carbonyl (C=O) groups excluding carboxylic acids is 1. The molecule has 4 rings (SSSR count). The minimum absolute atomic E-state index is 0.155. The van der Waals surface area contributed by atoms with Crippen molar-refractivity contribution >= 4 is 11.9 Å².